The van der Waals surface area contributed by atoms with Crippen LogP contribution in [-0.2, 0) is 9.47 Å². The second-order valence-electron chi connectivity index (χ2n) is 11.0. The van der Waals surface area contributed by atoms with E-state index in [1.54, 1.807) is 0 Å². The normalized spacial score (nSPS) is 28.2. The van der Waals surface area contributed by atoms with E-state index in [0.717, 1.165) is 28.0 Å². The molecule has 7 rings (SSSR count). The van der Waals surface area contributed by atoms with Crippen molar-refractivity contribution in [2.45, 2.75) is 44.3 Å². The average Bonchev–Trinajstić information content (AvgIpc) is 3.49. The summed E-state index contributed by atoms with van der Waals surface area (Å²) in [6.07, 6.45) is 4.97. The van der Waals surface area contributed by atoms with E-state index < -0.39 is 12.2 Å². The molecule has 0 amide bonds. The van der Waals surface area contributed by atoms with Gasteiger partial charge in [-0.1, -0.05) is 85.6 Å². The Bertz CT molecular complexity index is 1380. The molecule has 3 saturated carbocycles. The number of esters is 2. The Morgan fingerprint density at radius 1 is 0.541 bits per heavy atom. The largest absolute Gasteiger partial charge is 0.454 e. The molecule has 0 heterocycles. The molecule has 3 aliphatic carbocycles. The van der Waals surface area contributed by atoms with E-state index in [0.29, 0.717) is 23.0 Å². The summed E-state index contributed by atoms with van der Waals surface area (Å²) in [7, 11) is 0. The second kappa shape index (κ2) is 9.02. The third-order valence-electron chi connectivity index (χ3n) is 9.19. The molecule has 4 aromatic rings. The molecule has 4 aromatic carbocycles. The van der Waals surface area contributed by atoms with Gasteiger partial charge in [0.1, 0.15) is 12.2 Å². The molecule has 37 heavy (non-hydrogen) atoms. The summed E-state index contributed by atoms with van der Waals surface area (Å²) in [5, 5.41) is 3.79. The van der Waals surface area contributed by atoms with Gasteiger partial charge in [0, 0.05) is 11.8 Å². The highest BCUT2D eigenvalue weighted by atomic mass is 16.6. The van der Waals surface area contributed by atoms with Crippen molar-refractivity contribution in [1.29, 1.82) is 0 Å². The highest BCUT2D eigenvalue weighted by Gasteiger charge is 2.61. The summed E-state index contributed by atoms with van der Waals surface area (Å²) in [6, 6.07) is 27.2. The van der Waals surface area contributed by atoms with Crippen LogP contribution in [0.4, 0.5) is 0 Å². The Balaban J connectivity index is 1.21. The van der Waals surface area contributed by atoms with Gasteiger partial charge in [-0.25, -0.2) is 9.59 Å². The van der Waals surface area contributed by atoms with Crippen LogP contribution in [0.25, 0.3) is 21.5 Å². The Morgan fingerprint density at radius 2 is 0.973 bits per heavy atom. The summed E-state index contributed by atoms with van der Waals surface area (Å²) in [4.78, 5) is 27.1. The van der Waals surface area contributed by atoms with Gasteiger partial charge in [-0.15, -0.1) is 0 Å². The molecule has 4 heteroatoms. The van der Waals surface area contributed by atoms with Crippen LogP contribution in [0.5, 0.6) is 0 Å². The number of carbonyl (C=O) groups excluding carboxylic acids is 2. The predicted octanol–water partition coefficient (Wildman–Crippen LogP) is 7.20. The monoisotopic (exact) mass is 490 g/mol. The van der Waals surface area contributed by atoms with Crippen molar-refractivity contribution in [2.75, 3.05) is 0 Å². The van der Waals surface area contributed by atoms with Crippen molar-refractivity contribution in [1.82, 2.24) is 0 Å². The fraction of sp³-hybridized carbons (Fsp3) is 0.333. The number of ether oxygens (including phenoxy) is 2. The van der Waals surface area contributed by atoms with Crippen LogP contribution >= 0.6 is 0 Å². The number of rotatable bonds is 4. The molecule has 0 radical (unpaired) electrons. The lowest BCUT2D eigenvalue weighted by Crippen LogP contribution is -2.47. The maximum atomic E-state index is 13.6. The first-order valence-corrected chi connectivity index (χ1v) is 13.6. The zero-order chi connectivity index (χ0) is 24.9. The first-order valence-electron chi connectivity index (χ1n) is 13.6. The maximum Gasteiger partial charge on any atom is 0.339 e. The Kier molecular flexibility index (Phi) is 5.49. The van der Waals surface area contributed by atoms with Crippen molar-refractivity contribution >= 4 is 33.5 Å². The van der Waals surface area contributed by atoms with Crippen molar-refractivity contribution in [3.05, 3.63) is 96.1 Å². The third-order valence-corrected chi connectivity index (χ3v) is 9.19. The van der Waals surface area contributed by atoms with Gasteiger partial charge in [0.05, 0.1) is 11.1 Å². The highest BCUT2D eigenvalue weighted by molar-refractivity contribution is 6.05. The lowest BCUT2D eigenvalue weighted by molar-refractivity contribution is -0.0870. The number of hydrogen-bond acceptors (Lipinski definition) is 4. The van der Waals surface area contributed by atoms with Crippen molar-refractivity contribution in [3.63, 3.8) is 0 Å². The van der Waals surface area contributed by atoms with Crippen molar-refractivity contribution < 1.29 is 19.1 Å². The summed E-state index contributed by atoms with van der Waals surface area (Å²) in [5.74, 6) is 0.952. The lowest BCUT2D eigenvalue weighted by Gasteiger charge is -2.42. The molecule has 3 aliphatic rings. The summed E-state index contributed by atoms with van der Waals surface area (Å²) in [5.41, 5.74) is 1.14. The van der Waals surface area contributed by atoms with Gasteiger partial charge >= 0.3 is 11.9 Å². The molecule has 0 saturated heterocycles. The fourth-order valence-corrected chi connectivity index (χ4v) is 7.65. The van der Waals surface area contributed by atoms with Crippen LogP contribution in [0.1, 0.15) is 52.8 Å². The second-order valence-corrected chi connectivity index (χ2v) is 11.0. The first kappa shape index (κ1) is 22.5. The lowest BCUT2D eigenvalue weighted by atomic mass is 9.69. The number of carbonyl (C=O) groups is 2. The van der Waals surface area contributed by atoms with Crippen molar-refractivity contribution in [2.24, 2.45) is 23.7 Å². The first-order chi connectivity index (χ1) is 18.2. The smallest absolute Gasteiger partial charge is 0.339 e. The summed E-state index contributed by atoms with van der Waals surface area (Å²) >= 11 is 0. The van der Waals surface area contributed by atoms with Gasteiger partial charge < -0.3 is 9.47 Å². The summed E-state index contributed by atoms with van der Waals surface area (Å²) < 4.78 is 12.6. The van der Waals surface area contributed by atoms with Crippen molar-refractivity contribution in [3.8, 4) is 0 Å². The average molecular weight is 491 g/mol. The van der Waals surface area contributed by atoms with Gasteiger partial charge in [0.15, 0.2) is 0 Å². The number of fused-ring (bicyclic) bond motifs is 7. The standard InChI is InChI=1S/C33H30O4/c34-32(26-17-7-11-20-9-1-3-13-22(20)26)36-30-28-19-29(25-16-6-5-15-24(25)28)31(30)37-33(35)27-18-8-12-21-10-2-4-14-23(21)27/h1-4,7-14,17-18,24-25,28-31H,5-6,15-16,19H2/t24?,25?,28-,29?,30?,31?/m1/s1. The minimum absolute atomic E-state index is 0.250. The molecule has 4 nitrogen and oxygen atoms in total. The molecule has 186 valence electrons. The molecule has 0 spiro atoms. The fourth-order valence-electron chi connectivity index (χ4n) is 7.65. The van der Waals surface area contributed by atoms with Crippen LogP contribution < -0.4 is 0 Å². The van der Waals surface area contributed by atoms with E-state index in [4.69, 9.17) is 9.47 Å². The molecule has 0 N–H and O–H groups in total. The molecule has 3 fully saturated rings. The SMILES string of the molecule is O=C(OC1C2C[C@H](C3CCCCC23)C1OC(=O)c1cccc2ccccc12)c1cccc2ccccc12. The van der Waals surface area contributed by atoms with Crippen LogP contribution in [-0.4, -0.2) is 24.1 Å². The van der Waals surface area contributed by atoms with E-state index in [9.17, 15) is 9.59 Å². The van der Waals surface area contributed by atoms with Gasteiger partial charge in [-0.2, -0.15) is 0 Å². The predicted molar refractivity (Wildman–Crippen MR) is 143 cm³/mol. The Morgan fingerprint density at radius 3 is 1.46 bits per heavy atom. The molecule has 0 aromatic heterocycles. The van der Waals surface area contributed by atoms with Crippen LogP contribution in [0.15, 0.2) is 84.9 Å². The van der Waals surface area contributed by atoms with E-state index in [1.807, 2.05) is 84.9 Å². The van der Waals surface area contributed by atoms with E-state index in [2.05, 4.69) is 0 Å². The van der Waals surface area contributed by atoms with Gasteiger partial charge in [0.25, 0.3) is 0 Å². The van der Waals surface area contributed by atoms with E-state index in [-0.39, 0.29) is 23.8 Å². The zero-order valence-electron chi connectivity index (χ0n) is 20.7. The minimum atomic E-state index is -0.408. The van der Waals surface area contributed by atoms with E-state index >= 15 is 0 Å². The highest BCUT2D eigenvalue weighted by Crippen LogP contribution is 2.59. The molecule has 2 bridgehead atoms. The number of benzene rings is 4. The summed E-state index contributed by atoms with van der Waals surface area (Å²) in [6.45, 7) is 0. The molecular weight excluding hydrogens is 460 g/mol. The van der Waals surface area contributed by atoms with Gasteiger partial charge in [-0.3, -0.25) is 0 Å². The Hall–Kier alpha value is -3.66. The van der Waals surface area contributed by atoms with Crippen LogP contribution in [0.3, 0.4) is 0 Å². The Labute approximate surface area is 216 Å². The molecule has 6 atom stereocenters. The van der Waals surface area contributed by atoms with Gasteiger partial charge in [-0.05, 0) is 64.8 Å². The number of hydrogen-bond donors (Lipinski definition) is 0. The topological polar surface area (TPSA) is 52.6 Å². The quantitative estimate of drug-likeness (QED) is 0.284. The van der Waals surface area contributed by atoms with Crippen LogP contribution in [0, 0.1) is 23.7 Å². The zero-order valence-corrected chi connectivity index (χ0v) is 20.7. The van der Waals surface area contributed by atoms with E-state index in [1.165, 1.54) is 25.7 Å². The molecule has 0 aliphatic heterocycles. The minimum Gasteiger partial charge on any atom is -0.454 e. The maximum absolute atomic E-state index is 13.6. The van der Waals surface area contributed by atoms with Crippen LogP contribution in [0.2, 0.25) is 0 Å². The van der Waals surface area contributed by atoms with Gasteiger partial charge in [0.2, 0.25) is 0 Å². The molecular formula is C33H30O4. The third kappa shape index (κ3) is 3.73. The molecule has 5 unspecified atom stereocenters.